The van der Waals surface area contributed by atoms with Gasteiger partial charge in [-0.25, -0.2) is 9.97 Å². The number of aromatic hydroxyl groups is 1. The molecule has 10 rings (SSSR count). The Kier molecular flexibility index (Phi) is 12.6. The van der Waals surface area contributed by atoms with Crippen LogP contribution in [0.1, 0.15) is 154 Å². The predicted octanol–water partition coefficient (Wildman–Crippen LogP) is 19.0. The van der Waals surface area contributed by atoms with Crippen molar-refractivity contribution in [3.8, 4) is 62.2 Å². The Morgan fingerprint density at radius 1 is 0.438 bits per heavy atom. The Labute approximate surface area is 433 Å². The molecule has 0 saturated heterocycles. The summed E-state index contributed by atoms with van der Waals surface area (Å²) in [6.45, 7) is 31.7. The number of aromatic nitrogens is 4. The number of nitrogens with zero attached hydrogens (tertiary/aromatic N) is 4. The van der Waals surface area contributed by atoms with Crippen LogP contribution in [0, 0.1) is 0 Å². The highest BCUT2D eigenvalue weighted by molar-refractivity contribution is 6.09. The molecular weight excluding hydrogens is 889 g/mol. The van der Waals surface area contributed by atoms with E-state index in [4.69, 9.17) is 9.97 Å². The Morgan fingerprint density at radius 2 is 0.959 bits per heavy atom. The maximum Gasteiger partial charge on any atom is 0.149 e. The Balaban J connectivity index is 1.30. The van der Waals surface area contributed by atoms with E-state index in [1.54, 1.807) is 0 Å². The van der Waals surface area contributed by atoms with Gasteiger partial charge in [-0.2, -0.15) is 0 Å². The molecule has 0 atom stereocenters. The van der Waals surface area contributed by atoms with Crippen molar-refractivity contribution in [3.05, 3.63) is 185 Å². The van der Waals surface area contributed by atoms with Crippen LogP contribution < -0.4 is 0 Å². The molecule has 0 aliphatic carbocycles. The molecule has 7 aromatic carbocycles. The minimum atomic E-state index is -0.329. The molecule has 0 fully saturated rings. The fraction of sp³-hybridized carbons (Fsp3) is 0.294. The molecule has 0 bridgehead atoms. The van der Waals surface area contributed by atoms with E-state index in [9.17, 15) is 5.11 Å². The zero-order valence-corrected chi connectivity index (χ0v) is 45.5. The highest BCUT2D eigenvalue weighted by Crippen LogP contribution is 2.48. The zero-order chi connectivity index (χ0) is 51.8. The van der Waals surface area contributed by atoms with Crippen molar-refractivity contribution in [3.63, 3.8) is 0 Å². The fourth-order valence-corrected chi connectivity index (χ4v) is 11.1. The molecule has 0 aliphatic heterocycles. The number of fused-ring (bicyclic) bond motifs is 4. The largest absolute Gasteiger partial charge is 0.507 e. The molecule has 5 heteroatoms. The van der Waals surface area contributed by atoms with Crippen molar-refractivity contribution in [2.75, 3.05) is 0 Å². The monoisotopic (exact) mass is 961 g/mol. The average Bonchev–Trinajstić information content (AvgIpc) is 3.91. The molecular formula is C68H72N4O. The zero-order valence-electron chi connectivity index (χ0n) is 45.5. The van der Waals surface area contributed by atoms with Gasteiger partial charge in [-0.1, -0.05) is 200 Å². The summed E-state index contributed by atoms with van der Waals surface area (Å²) in [5.41, 5.74) is 19.9. The molecule has 0 spiro atoms. The van der Waals surface area contributed by atoms with Crippen LogP contribution in [0.4, 0.5) is 0 Å². The molecule has 0 amide bonds. The Bertz CT molecular complexity index is 3610. The number of rotatable bonds is 10. The van der Waals surface area contributed by atoms with Crippen molar-refractivity contribution >= 4 is 32.8 Å². The molecule has 5 nitrogen and oxygen atoms in total. The molecule has 1 N–H and O–H groups in total. The molecule has 370 valence electrons. The first kappa shape index (κ1) is 49.3. The van der Waals surface area contributed by atoms with Gasteiger partial charge in [0, 0.05) is 33.2 Å². The molecule has 3 heterocycles. The maximum atomic E-state index is 12.7. The summed E-state index contributed by atoms with van der Waals surface area (Å²) in [7, 11) is 0. The second-order valence-corrected chi connectivity index (χ2v) is 23.6. The Morgan fingerprint density at radius 3 is 1.51 bits per heavy atom. The van der Waals surface area contributed by atoms with Crippen LogP contribution in [0.3, 0.4) is 0 Å². The summed E-state index contributed by atoms with van der Waals surface area (Å²) >= 11 is 0. The predicted molar refractivity (Wildman–Crippen MR) is 310 cm³/mol. The second kappa shape index (κ2) is 18.7. The first-order valence-electron chi connectivity index (χ1n) is 26.5. The first-order chi connectivity index (χ1) is 34.7. The van der Waals surface area contributed by atoms with Gasteiger partial charge in [0.1, 0.15) is 11.6 Å². The number of hydrogen-bond donors (Lipinski definition) is 1. The lowest BCUT2D eigenvalue weighted by Gasteiger charge is -2.28. The highest BCUT2D eigenvalue weighted by Gasteiger charge is 2.31. The number of phenolic OH excluding ortho intramolecular Hbond substituents is 1. The lowest BCUT2D eigenvalue weighted by Crippen LogP contribution is -2.17. The molecule has 10 aromatic rings. The van der Waals surface area contributed by atoms with Crippen LogP contribution in [-0.2, 0) is 10.8 Å². The number of phenols is 1. The third-order valence-electron chi connectivity index (χ3n) is 15.0. The summed E-state index contributed by atoms with van der Waals surface area (Å²) in [5, 5.41) is 15.2. The number of benzene rings is 7. The van der Waals surface area contributed by atoms with E-state index in [2.05, 4.69) is 258 Å². The van der Waals surface area contributed by atoms with Crippen LogP contribution in [0.2, 0.25) is 0 Å². The molecule has 73 heavy (non-hydrogen) atoms. The number of pyridine rings is 1. The van der Waals surface area contributed by atoms with E-state index < -0.39 is 0 Å². The summed E-state index contributed by atoms with van der Waals surface area (Å²) in [5.74, 6) is 1.86. The highest BCUT2D eigenvalue weighted by atomic mass is 16.3. The lowest BCUT2D eigenvalue weighted by atomic mass is 9.79. The van der Waals surface area contributed by atoms with Gasteiger partial charge in [0.15, 0.2) is 0 Å². The van der Waals surface area contributed by atoms with Crippen molar-refractivity contribution in [1.82, 2.24) is 19.1 Å². The van der Waals surface area contributed by atoms with Crippen molar-refractivity contribution in [2.45, 2.75) is 131 Å². The van der Waals surface area contributed by atoms with E-state index in [1.807, 2.05) is 0 Å². The minimum Gasteiger partial charge on any atom is -0.507 e. The third-order valence-corrected chi connectivity index (χ3v) is 15.0. The van der Waals surface area contributed by atoms with E-state index >= 15 is 0 Å². The van der Waals surface area contributed by atoms with E-state index in [1.165, 1.54) is 55.3 Å². The summed E-state index contributed by atoms with van der Waals surface area (Å²) in [6.07, 6.45) is 0. The van der Waals surface area contributed by atoms with Gasteiger partial charge in [0.2, 0.25) is 0 Å². The van der Waals surface area contributed by atoms with Gasteiger partial charge < -0.3 is 9.67 Å². The number of para-hydroxylation sites is 4. The topological polar surface area (TPSA) is 55.9 Å². The lowest BCUT2D eigenvalue weighted by molar-refractivity contribution is 0.446. The summed E-state index contributed by atoms with van der Waals surface area (Å²) in [4.78, 5) is 11.4. The SMILES string of the molecule is CC(C)c1cc(-n2c3ccccc3c3ccccc32)cc(C(C)C)c1-c1cc(-c2ccccc2)nc(-c2cccc3c2nc(-c2cc(C(C)(C)C)cc(C(C)(C)C)c2O)n3-c2c(C(C)C)cccc2C(C)C)c1. The molecule has 0 saturated carbocycles. The summed E-state index contributed by atoms with van der Waals surface area (Å²) in [6, 6.07) is 55.3. The smallest absolute Gasteiger partial charge is 0.149 e. The van der Waals surface area contributed by atoms with Crippen LogP contribution in [0.5, 0.6) is 5.75 Å². The van der Waals surface area contributed by atoms with Crippen LogP contribution in [0.25, 0.3) is 89.2 Å². The van der Waals surface area contributed by atoms with Crippen LogP contribution in [0.15, 0.2) is 152 Å². The summed E-state index contributed by atoms with van der Waals surface area (Å²) < 4.78 is 4.82. The van der Waals surface area contributed by atoms with Gasteiger partial charge in [-0.05, 0) is 122 Å². The molecule has 0 radical (unpaired) electrons. The van der Waals surface area contributed by atoms with Gasteiger partial charge >= 0.3 is 0 Å². The number of imidazole rings is 1. The third kappa shape index (κ3) is 8.75. The van der Waals surface area contributed by atoms with Crippen molar-refractivity contribution in [1.29, 1.82) is 0 Å². The fourth-order valence-electron chi connectivity index (χ4n) is 11.1. The average molecular weight is 961 g/mol. The molecule has 0 aliphatic rings. The molecule has 3 aromatic heterocycles. The Hall–Kier alpha value is -7.24. The molecule has 0 unspecified atom stereocenters. The van der Waals surface area contributed by atoms with E-state index in [-0.39, 0.29) is 40.3 Å². The minimum absolute atomic E-state index is 0.188. The van der Waals surface area contributed by atoms with Gasteiger partial charge in [0.25, 0.3) is 0 Å². The van der Waals surface area contributed by atoms with Gasteiger partial charge in [-0.3, -0.25) is 4.57 Å². The van der Waals surface area contributed by atoms with Crippen molar-refractivity contribution < 1.29 is 5.11 Å². The number of hydrogen-bond acceptors (Lipinski definition) is 3. The first-order valence-corrected chi connectivity index (χ1v) is 26.5. The normalized spacial score (nSPS) is 12.5. The van der Waals surface area contributed by atoms with Crippen LogP contribution >= 0.6 is 0 Å². The van der Waals surface area contributed by atoms with Gasteiger partial charge in [-0.15, -0.1) is 0 Å². The van der Waals surface area contributed by atoms with E-state index in [0.29, 0.717) is 0 Å². The van der Waals surface area contributed by atoms with Crippen LogP contribution in [-0.4, -0.2) is 24.2 Å². The second-order valence-electron chi connectivity index (χ2n) is 23.6. The maximum absolute atomic E-state index is 12.7. The standard InChI is InChI=1S/C68H72N4O/c1-40(2)48-28-22-29-49(41(3)4)64(48)72-61-33-23-30-52(63(61)70-66(72)55-36-46(67(9,10)11)37-56(65(55)73)68(12,13)14)58-35-45(34-57(69-58)44-24-16-15-17-25-44)62-53(42(5)6)38-47(39-54(62)43(7)8)71-59-31-20-18-26-50(59)51-27-19-21-32-60(51)71/h15-43,73H,1-14H3. The van der Waals surface area contributed by atoms with Gasteiger partial charge in [0.05, 0.1) is 44.7 Å². The van der Waals surface area contributed by atoms with E-state index in [0.717, 1.165) is 67.3 Å². The van der Waals surface area contributed by atoms with Crippen molar-refractivity contribution in [2.24, 2.45) is 0 Å². The quantitative estimate of drug-likeness (QED) is 0.149.